The van der Waals surface area contributed by atoms with Gasteiger partial charge in [0.1, 0.15) is 5.78 Å². The molecular weight excluding hydrogens is 232 g/mol. The second kappa shape index (κ2) is 3.62. The third-order valence-electron chi connectivity index (χ3n) is 6.98. The van der Waals surface area contributed by atoms with Gasteiger partial charge in [0.25, 0.3) is 0 Å². The van der Waals surface area contributed by atoms with Crippen LogP contribution in [-0.4, -0.2) is 5.78 Å². The number of fused-ring (bicyclic) bond motifs is 10. The number of hydrogen-bond acceptors (Lipinski definition) is 1. The largest absolute Gasteiger partial charge is 0.299 e. The normalized spacial score (nSPS) is 57.2. The summed E-state index contributed by atoms with van der Waals surface area (Å²) in [5.74, 6) is 5.55. The summed E-state index contributed by atoms with van der Waals surface area (Å²) in [7, 11) is 0. The number of rotatable bonds is 0. The first kappa shape index (κ1) is 10.9. The Labute approximate surface area is 115 Å². The van der Waals surface area contributed by atoms with Crippen molar-refractivity contribution in [3.63, 3.8) is 0 Å². The second-order valence-electron chi connectivity index (χ2n) is 7.61. The van der Waals surface area contributed by atoms with Gasteiger partial charge in [0, 0.05) is 11.8 Å². The average molecular weight is 254 g/mol. The quantitative estimate of drug-likeness (QED) is 0.603. The Morgan fingerprint density at radius 3 is 1.74 bits per heavy atom. The molecule has 5 aliphatic rings. The Hall–Kier alpha value is -0.850. The number of allylic oxidation sites excluding steroid dienone is 4. The summed E-state index contributed by atoms with van der Waals surface area (Å²) in [5.41, 5.74) is 0. The van der Waals surface area contributed by atoms with Crippen LogP contribution in [0.5, 0.6) is 0 Å². The van der Waals surface area contributed by atoms with Crippen molar-refractivity contribution in [1.82, 2.24) is 0 Å². The molecule has 0 radical (unpaired) electrons. The molecule has 5 aliphatic carbocycles. The minimum absolute atomic E-state index is 0.399. The van der Waals surface area contributed by atoms with Gasteiger partial charge in [-0.2, -0.15) is 0 Å². The number of carbonyl (C=O) groups excluding carboxylic acids is 1. The van der Waals surface area contributed by atoms with Crippen LogP contribution in [0.4, 0.5) is 0 Å². The van der Waals surface area contributed by atoms with Crippen LogP contribution in [0.15, 0.2) is 24.3 Å². The van der Waals surface area contributed by atoms with E-state index in [2.05, 4.69) is 24.3 Å². The first-order valence-electron chi connectivity index (χ1n) is 8.23. The van der Waals surface area contributed by atoms with E-state index >= 15 is 0 Å². The van der Waals surface area contributed by atoms with E-state index in [4.69, 9.17) is 0 Å². The van der Waals surface area contributed by atoms with Crippen molar-refractivity contribution in [3.8, 4) is 0 Å². The van der Waals surface area contributed by atoms with Crippen LogP contribution >= 0.6 is 0 Å². The standard InChI is InChI=1S/C18H22O/c19-18-16-12-6-4-10(8-12)14(16)2-1-3-15-11-5-7-13(9-11)17(15)18/h4-7,10-17H,1-3,8-9H2/t10-,11-,12+,13+,14-,15-,16+,17+/m0/s1. The van der Waals surface area contributed by atoms with Gasteiger partial charge in [0.2, 0.25) is 0 Å². The topological polar surface area (TPSA) is 17.1 Å². The third-order valence-corrected chi connectivity index (χ3v) is 6.98. The molecular formula is C18H22O. The predicted molar refractivity (Wildman–Crippen MR) is 74.3 cm³/mol. The lowest BCUT2D eigenvalue weighted by atomic mass is 9.66. The van der Waals surface area contributed by atoms with Crippen molar-refractivity contribution in [2.45, 2.75) is 32.1 Å². The summed E-state index contributed by atoms with van der Waals surface area (Å²) < 4.78 is 0. The molecule has 100 valence electrons. The minimum Gasteiger partial charge on any atom is -0.299 e. The fraction of sp³-hybridized carbons (Fsp3) is 0.722. The molecule has 19 heavy (non-hydrogen) atoms. The second-order valence-corrected chi connectivity index (χ2v) is 7.61. The zero-order valence-electron chi connectivity index (χ0n) is 11.4. The van der Waals surface area contributed by atoms with E-state index in [0.29, 0.717) is 41.3 Å². The zero-order chi connectivity index (χ0) is 12.6. The average Bonchev–Trinajstić information content (AvgIpc) is 3.13. The van der Waals surface area contributed by atoms with Gasteiger partial charge in [-0.3, -0.25) is 4.79 Å². The first-order valence-corrected chi connectivity index (χ1v) is 8.23. The molecule has 0 amide bonds. The molecule has 0 unspecified atom stereocenters. The van der Waals surface area contributed by atoms with Gasteiger partial charge in [0.15, 0.2) is 0 Å². The maximum Gasteiger partial charge on any atom is 0.140 e. The number of ketones is 1. The molecule has 0 spiro atoms. The van der Waals surface area contributed by atoms with Crippen LogP contribution in [0.25, 0.3) is 0 Å². The van der Waals surface area contributed by atoms with Gasteiger partial charge in [-0.25, -0.2) is 0 Å². The molecule has 5 rings (SSSR count). The Kier molecular flexibility index (Phi) is 2.07. The Balaban J connectivity index is 1.54. The van der Waals surface area contributed by atoms with E-state index in [0.717, 1.165) is 11.8 Å². The van der Waals surface area contributed by atoms with Gasteiger partial charge in [-0.1, -0.05) is 30.7 Å². The monoisotopic (exact) mass is 254 g/mol. The van der Waals surface area contributed by atoms with Crippen molar-refractivity contribution in [2.24, 2.45) is 47.3 Å². The molecule has 8 atom stereocenters. The summed E-state index contributed by atoms with van der Waals surface area (Å²) >= 11 is 0. The van der Waals surface area contributed by atoms with E-state index in [1.54, 1.807) is 0 Å². The van der Waals surface area contributed by atoms with Crippen molar-refractivity contribution in [2.75, 3.05) is 0 Å². The van der Waals surface area contributed by atoms with Crippen LogP contribution in [-0.2, 0) is 4.79 Å². The highest BCUT2D eigenvalue weighted by Gasteiger charge is 2.55. The van der Waals surface area contributed by atoms with Crippen LogP contribution in [0.3, 0.4) is 0 Å². The van der Waals surface area contributed by atoms with Gasteiger partial charge < -0.3 is 0 Å². The molecule has 0 saturated heterocycles. The van der Waals surface area contributed by atoms with E-state index in [-0.39, 0.29) is 0 Å². The fourth-order valence-corrected chi connectivity index (χ4v) is 6.29. The van der Waals surface area contributed by atoms with E-state index in [9.17, 15) is 4.79 Å². The van der Waals surface area contributed by atoms with Gasteiger partial charge >= 0.3 is 0 Å². The highest BCUT2D eigenvalue weighted by atomic mass is 16.1. The highest BCUT2D eigenvalue weighted by molar-refractivity contribution is 5.86. The molecule has 1 heteroatoms. The molecule has 1 nitrogen and oxygen atoms in total. The molecule has 0 heterocycles. The van der Waals surface area contributed by atoms with Crippen molar-refractivity contribution < 1.29 is 4.79 Å². The van der Waals surface area contributed by atoms with Crippen LogP contribution < -0.4 is 0 Å². The molecule has 0 aromatic carbocycles. The smallest absolute Gasteiger partial charge is 0.140 e. The lowest BCUT2D eigenvalue weighted by molar-refractivity contribution is -0.132. The van der Waals surface area contributed by atoms with Gasteiger partial charge in [0.05, 0.1) is 0 Å². The van der Waals surface area contributed by atoms with Crippen LogP contribution in [0, 0.1) is 47.3 Å². The van der Waals surface area contributed by atoms with E-state index < -0.39 is 0 Å². The fourth-order valence-electron chi connectivity index (χ4n) is 6.29. The number of carbonyl (C=O) groups is 1. The molecule has 4 bridgehead atoms. The third kappa shape index (κ3) is 1.29. The van der Waals surface area contributed by atoms with E-state index in [1.165, 1.54) is 32.1 Å². The zero-order valence-corrected chi connectivity index (χ0v) is 11.4. The predicted octanol–water partition coefficient (Wildman–Crippen LogP) is 3.62. The van der Waals surface area contributed by atoms with Gasteiger partial charge in [-0.05, 0) is 61.2 Å². The van der Waals surface area contributed by atoms with Crippen molar-refractivity contribution in [1.29, 1.82) is 0 Å². The van der Waals surface area contributed by atoms with Crippen LogP contribution in [0.2, 0.25) is 0 Å². The minimum atomic E-state index is 0.399. The Morgan fingerprint density at radius 2 is 1.21 bits per heavy atom. The highest BCUT2D eigenvalue weighted by Crippen LogP contribution is 2.58. The van der Waals surface area contributed by atoms with Gasteiger partial charge in [-0.15, -0.1) is 0 Å². The molecule has 0 N–H and O–H groups in total. The van der Waals surface area contributed by atoms with E-state index in [1.807, 2.05) is 0 Å². The summed E-state index contributed by atoms with van der Waals surface area (Å²) in [6, 6.07) is 0. The van der Waals surface area contributed by atoms with Crippen LogP contribution in [0.1, 0.15) is 32.1 Å². The molecule has 3 fully saturated rings. The molecule has 0 aliphatic heterocycles. The number of Topliss-reactive ketones (excluding diaryl/α,β-unsaturated/α-hetero) is 1. The molecule has 3 saturated carbocycles. The summed E-state index contributed by atoms with van der Waals surface area (Å²) in [6.45, 7) is 0. The summed E-state index contributed by atoms with van der Waals surface area (Å²) in [6.07, 6.45) is 16.1. The SMILES string of the molecule is O=C1[C@H]2[C@@H](CCC[C@@H]3[C@H]1[C@@H]1C=C[C@H]3C1)[C@H]1C=C[C@@H]2C1. The molecule has 0 aromatic rings. The lowest BCUT2D eigenvalue weighted by Gasteiger charge is -2.37. The van der Waals surface area contributed by atoms with Crippen molar-refractivity contribution in [3.05, 3.63) is 24.3 Å². The Bertz CT molecular complexity index is 446. The first-order chi connectivity index (χ1) is 9.33. The lowest BCUT2D eigenvalue weighted by Crippen LogP contribution is -2.39. The maximum atomic E-state index is 13.2. The summed E-state index contributed by atoms with van der Waals surface area (Å²) in [4.78, 5) is 13.2. The molecule has 0 aromatic heterocycles. The number of hydrogen-bond donors (Lipinski definition) is 0. The maximum absolute atomic E-state index is 13.2. The Morgan fingerprint density at radius 1 is 0.737 bits per heavy atom. The van der Waals surface area contributed by atoms with Crippen molar-refractivity contribution >= 4 is 5.78 Å². The summed E-state index contributed by atoms with van der Waals surface area (Å²) in [5, 5.41) is 0.